The van der Waals surface area contributed by atoms with Gasteiger partial charge in [0.25, 0.3) is 11.7 Å². The predicted octanol–water partition coefficient (Wildman–Crippen LogP) is 5.97. The molecule has 1 unspecified atom stereocenters. The van der Waals surface area contributed by atoms with E-state index >= 15 is 0 Å². The largest absolute Gasteiger partial charge is 0.507 e. The molecule has 1 aliphatic heterocycles. The van der Waals surface area contributed by atoms with Gasteiger partial charge in [-0.2, -0.15) is 0 Å². The smallest absolute Gasteiger partial charge is 0.295 e. The Bertz CT molecular complexity index is 1240. The molecule has 2 heterocycles. The molecule has 1 amide bonds. The summed E-state index contributed by atoms with van der Waals surface area (Å²) in [4.78, 5) is 28.0. The molecule has 1 saturated heterocycles. The summed E-state index contributed by atoms with van der Waals surface area (Å²) in [6.45, 7) is 5.30. The molecule has 1 N–H and O–H groups in total. The first kappa shape index (κ1) is 24.6. The Morgan fingerprint density at radius 1 is 0.971 bits per heavy atom. The standard InChI is InChI=1S/C29H34N2O4/c1-4-6-10-18-35-21-15-13-20(14-16-21)27(32)25-26(31(17-7-5-2)29(34)28(25)33)23-19-30(3)24-12-9-8-11-22(23)24/h8-9,11-16,19,26,32H,4-7,10,17-18H2,1-3H3/b27-25+. The number of Topliss-reactive ketones (excluding diaryl/α,β-unsaturated/α-hetero) is 1. The molecular formula is C29H34N2O4. The van der Waals surface area contributed by atoms with Crippen molar-refractivity contribution in [2.75, 3.05) is 13.2 Å². The molecule has 1 aromatic heterocycles. The highest BCUT2D eigenvalue weighted by Crippen LogP contribution is 2.42. The molecule has 35 heavy (non-hydrogen) atoms. The first-order chi connectivity index (χ1) is 17.0. The predicted molar refractivity (Wildman–Crippen MR) is 138 cm³/mol. The Labute approximate surface area is 206 Å². The fourth-order valence-corrected chi connectivity index (χ4v) is 4.76. The number of unbranched alkanes of at least 4 members (excludes halogenated alkanes) is 3. The minimum atomic E-state index is -0.642. The number of amides is 1. The Kier molecular flexibility index (Phi) is 7.59. The van der Waals surface area contributed by atoms with Crippen LogP contribution in [-0.2, 0) is 16.6 Å². The Morgan fingerprint density at radius 3 is 2.40 bits per heavy atom. The third-order valence-corrected chi connectivity index (χ3v) is 6.66. The van der Waals surface area contributed by atoms with Crippen molar-refractivity contribution in [2.45, 2.75) is 52.0 Å². The molecule has 0 spiro atoms. The number of aromatic nitrogens is 1. The average Bonchev–Trinajstić information content (AvgIpc) is 3.33. The summed E-state index contributed by atoms with van der Waals surface area (Å²) < 4.78 is 7.77. The minimum Gasteiger partial charge on any atom is -0.507 e. The van der Waals surface area contributed by atoms with Crippen LogP contribution in [0.25, 0.3) is 16.7 Å². The number of aryl methyl sites for hydroxylation is 1. The van der Waals surface area contributed by atoms with Gasteiger partial charge in [-0.15, -0.1) is 0 Å². The lowest BCUT2D eigenvalue weighted by molar-refractivity contribution is -0.139. The number of fused-ring (bicyclic) bond motifs is 1. The van der Waals surface area contributed by atoms with Crippen LogP contribution >= 0.6 is 0 Å². The first-order valence-electron chi connectivity index (χ1n) is 12.5. The quantitative estimate of drug-likeness (QED) is 0.170. The molecular weight excluding hydrogens is 440 g/mol. The molecule has 0 aliphatic carbocycles. The second kappa shape index (κ2) is 10.8. The van der Waals surface area contributed by atoms with Crippen molar-refractivity contribution < 1.29 is 19.4 Å². The summed E-state index contributed by atoms with van der Waals surface area (Å²) in [6.07, 6.45) is 6.86. The van der Waals surface area contributed by atoms with Crippen molar-refractivity contribution in [2.24, 2.45) is 7.05 Å². The van der Waals surface area contributed by atoms with Crippen LogP contribution in [0.5, 0.6) is 5.75 Å². The van der Waals surface area contributed by atoms with Crippen molar-refractivity contribution in [3.05, 3.63) is 71.4 Å². The van der Waals surface area contributed by atoms with E-state index in [0.29, 0.717) is 24.5 Å². The Morgan fingerprint density at radius 2 is 1.69 bits per heavy atom. The number of hydrogen-bond donors (Lipinski definition) is 1. The molecule has 184 valence electrons. The van der Waals surface area contributed by atoms with Crippen molar-refractivity contribution in [3.63, 3.8) is 0 Å². The zero-order valence-electron chi connectivity index (χ0n) is 20.8. The number of likely N-dealkylation sites (tertiary alicyclic amines) is 1. The normalized spacial score (nSPS) is 17.5. The number of ether oxygens (including phenoxy) is 1. The number of benzene rings is 2. The molecule has 2 aromatic carbocycles. The van der Waals surface area contributed by atoms with Crippen molar-refractivity contribution >= 4 is 28.4 Å². The number of rotatable bonds is 10. The lowest BCUT2D eigenvalue weighted by Crippen LogP contribution is -2.30. The van der Waals surface area contributed by atoms with E-state index in [1.807, 2.05) is 42.1 Å². The van der Waals surface area contributed by atoms with Gasteiger partial charge >= 0.3 is 0 Å². The summed E-state index contributed by atoms with van der Waals surface area (Å²) in [5.74, 6) is -0.644. The number of carbonyl (C=O) groups is 2. The summed E-state index contributed by atoms with van der Waals surface area (Å²) >= 11 is 0. The average molecular weight is 475 g/mol. The number of aliphatic hydroxyl groups excluding tert-OH is 1. The molecule has 6 nitrogen and oxygen atoms in total. The van der Waals surface area contributed by atoms with Crippen LogP contribution in [0.1, 0.15) is 63.1 Å². The van der Waals surface area contributed by atoms with Crippen molar-refractivity contribution in [1.29, 1.82) is 0 Å². The minimum absolute atomic E-state index is 0.138. The van der Waals surface area contributed by atoms with Crippen LogP contribution < -0.4 is 4.74 Å². The maximum atomic E-state index is 13.2. The number of para-hydroxylation sites is 1. The molecule has 0 radical (unpaired) electrons. The van der Waals surface area contributed by atoms with E-state index in [0.717, 1.165) is 48.6 Å². The topological polar surface area (TPSA) is 71.8 Å². The highest BCUT2D eigenvalue weighted by molar-refractivity contribution is 6.46. The summed E-state index contributed by atoms with van der Waals surface area (Å²) in [5.41, 5.74) is 2.48. The Hall–Kier alpha value is -3.54. The molecule has 0 saturated carbocycles. The van der Waals surface area contributed by atoms with Crippen LogP contribution in [-0.4, -0.2) is 39.4 Å². The third-order valence-electron chi connectivity index (χ3n) is 6.66. The third kappa shape index (κ3) is 4.83. The van der Waals surface area contributed by atoms with Gasteiger partial charge in [0.1, 0.15) is 11.5 Å². The van der Waals surface area contributed by atoms with Gasteiger partial charge in [0, 0.05) is 41.8 Å². The molecule has 0 bridgehead atoms. The van der Waals surface area contributed by atoms with Gasteiger partial charge in [-0.3, -0.25) is 9.59 Å². The number of hydrogen-bond acceptors (Lipinski definition) is 4. The fourth-order valence-electron chi connectivity index (χ4n) is 4.76. The molecule has 1 aliphatic rings. The van der Waals surface area contributed by atoms with Crippen molar-refractivity contribution in [3.8, 4) is 5.75 Å². The first-order valence-corrected chi connectivity index (χ1v) is 12.5. The van der Waals surface area contributed by atoms with E-state index in [9.17, 15) is 14.7 Å². The van der Waals surface area contributed by atoms with Crippen LogP contribution in [0.15, 0.2) is 60.3 Å². The second-order valence-corrected chi connectivity index (χ2v) is 9.14. The number of nitrogens with zero attached hydrogens (tertiary/aromatic N) is 2. The maximum Gasteiger partial charge on any atom is 0.295 e. The molecule has 1 fully saturated rings. The van der Waals surface area contributed by atoms with Gasteiger partial charge in [0.2, 0.25) is 0 Å². The fraction of sp³-hybridized carbons (Fsp3) is 0.379. The summed E-state index contributed by atoms with van der Waals surface area (Å²) in [7, 11) is 1.95. The number of ketones is 1. The Balaban J connectivity index is 1.76. The van der Waals surface area contributed by atoms with Crippen molar-refractivity contribution in [1.82, 2.24) is 9.47 Å². The van der Waals surface area contributed by atoms with Gasteiger partial charge in [-0.05, 0) is 43.2 Å². The van der Waals surface area contributed by atoms with Gasteiger partial charge in [-0.25, -0.2) is 0 Å². The monoisotopic (exact) mass is 474 g/mol. The zero-order valence-corrected chi connectivity index (χ0v) is 20.8. The van der Waals surface area contributed by atoms with Crippen LogP contribution in [0, 0.1) is 0 Å². The van der Waals surface area contributed by atoms with E-state index < -0.39 is 17.7 Å². The zero-order chi connectivity index (χ0) is 24.9. The van der Waals surface area contributed by atoms with E-state index in [1.54, 1.807) is 29.2 Å². The lowest BCUT2D eigenvalue weighted by atomic mass is 9.95. The number of aliphatic hydroxyl groups is 1. The van der Waals surface area contributed by atoms with Crippen LogP contribution in [0.2, 0.25) is 0 Å². The maximum absolute atomic E-state index is 13.2. The lowest BCUT2D eigenvalue weighted by Gasteiger charge is -2.24. The second-order valence-electron chi connectivity index (χ2n) is 9.14. The summed E-state index contributed by atoms with van der Waals surface area (Å²) in [5, 5.41) is 12.3. The number of carbonyl (C=O) groups excluding carboxylic acids is 2. The van der Waals surface area contributed by atoms with E-state index in [4.69, 9.17) is 4.74 Å². The van der Waals surface area contributed by atoms with Gasteiger partial charge in [0.15, 0.2) is 0 Å². The molecule has 3 aromatic rings. The van der Waals surface area contributed by atoms with E-state index in [2.05, 4.69) is 13.8 Å². The highest BCUT2D eigenvalue weighted by atomic mass is 16.5. The van der Waals surface area contributed by atoms with Gasteiger partial charge in [-0.1, -0.05) is 51.3 Å². The highest BCUT2D eigenvalue weighted by Gasteiger charge is 2.46. The molecule has 4 rings (SSSR count). The summed E-state index contributed by atoms with van der Waals surface area (Å²) in [6, 6.07) is 14.3. The van der Waals surface area contributed by atoms with E-state index in [1.165, 1.54) is 0 Å². The van der Waals surface area contributed by atoms with Crippen LogP contribution in [0.3, 0.4) is 0 Å². The molecule has 6 heteroatoms. The van der Waals surface area contributed by atoms with E-state index in [-0.39, 0.29) is 11.3 Å². The molecule has 1 atom stereocenters. The van der Waals surface area contributed by atoms with Gasteiger partial charge in [0.05, 0.1) is 18.2 Å². The van der Waals surface area contributed by atoms with Crippen LogP contribution in [0.4, 0.5) is 0 Å². The SMILES string of the molecule is CCCCCOc1ccc(/C(O)=C2\C(=O)C(=O)N(CCCC)C2c2cn(C)c3ccccc23)cc1. The van der Waals surface area contributed by atoms with Gasteiger partial charge < -0.3 is 19.3 Å².